The smallest absolute Gasteiger partial charge is 0.315 e. The first-order chi connectivity index (χ1) is 13.2. The van der Waals surface area contributed by atoms with E-state index >= 15 is 0 Å². The molecule has 0 aliphatic carbocycles. The zero-order valence-corrected chi connectivity index (χ0v) is 15.4. The average Bonchev–Trinajstić information content (AvgIpc) is 2.64. The minimum absolute atomic E-state index is 0.0577. The van der Waals surface area contributed by atoms with Crippen molar-refractivity contribution in [3.8, 4) is 11.4 Å². The van der Waals surface area contributed by atoms with Crippen LogP contribution in [-0.4, -0.2) is 14.5 Å². The molecule has 0 bridgehead atoms. The van der Waals surface area contributed by atoms with Gasteiger partial charge in [-0.15, -0.1) is 0 Å². The zero-order chi connectivity index (χ0) is 20.5. The molecule has 1 aromatic carbocycles. The average molecular weight is 393 g/mol. The van der Waals surface area contributed by atoms with E-state index in [-0.39, 0.29) is 22.3 Å². The molecule has 1 atom stereocenters. The summed E-state index contributed by atoms with van der Waals surface area (Å²) in [5, 5.41) is 0.684. The Bertz CT molecular complexity index is 1040. The lowest BCUT2D eigenvalue weighted by atomic mass is 10.0. The molecule has 2 aromatic heterocycles. The van der Waals surface area contributed by atoms with Crippen LogP contribution in [0, 0.1) is 11.7 Å². The van der Waals surface area contributed by atoms with Crippen molar-refractivity contribution >= 4 is 10.8 Å². The summed E-state index contributed by atoms with van der Waals surface area (Å²) >= 11 is 0. The number of rotatable bonds is 5. The normalized spacial score (nSPS) is 13.1. The van der Waals surface area contributed by atoms with Gasteiger partial charge in [0, 0.05) is 25.1 Å². The highest BCUT2D eigenvalue weighted by Gasteiger charge is 2.31. The van der Waals surface area contributed by atoms with E-state index in [1.807, 2.05) is 6.92 Å². The lowest BCUT2D eigenvalue weighted by molar-refractivity contribution is -0.138. The Morgan fingerprint density at radius 1 is 1.18 bits per heavy atom. The van der Waals surface area contributed by atoms with Crippen LogP contribution in [-0.2, 0) is 12.7 Å². The molecule has 28 heavy (non-hydrogen) atoms. The number of hydrogen-bond donors (Lipinski definition) is 0. The second kappa shape index (κ2) is 7.69. The number of alkyl halides is 3. The van der Waals surface area contributed by atoms with Crippen molar-refractivity contribution in [3.05, 3.63) is 58.5 Å². The maximum atomic E-state index is 14.6. The molecule has 0 radical (unpaired) electrons. The van der Waals surface area contributed by atoms with Crippen LogP contribution in [0.1, 0.15) is 32.3 Å². The van der Waals surface area contributed by atoms with Crippen LogP contribution in [0.25, 0.3) is 22.2 Å². The Morgan fingerprint density at radius 3 is 2.46 bits per heavy atom. The number of benzene rings is 1. The molecular weight excluding hydrogens is 374 g/mol. The Hall–Kier alpha value is -2.77. The van der Waals surface area contributed by atoms with Crippen molar-refractivity contribution in [2.24, 2.45) is 5.92 Å². The predicted molar refractivity (Wildman–Crippen MR) is 98.3 cm³/mol. The third-order valence-electron chi connectivity index (χ3n) is 4.57. The van der Waals surface area contributed by atoms with Crippen LogP contribution < -0.4 is 5.56 Å². The van der Waals surface area contributed by atoms with Crippen LogP contribution in [0.5, 0.6) is 0 Å². The fourth-order valence-corrected chi connectivity index (χ4v) is 3.15. The van der Waals surface area contributed by atoms with Crippen molar-refractivity contribution in [1.29, 1.82) is 0 Å². The standard InChI is InChI=1S/C20H19F4N3O/c1-3-4-12(2)11-27-6-5-13-7-16(17(21)8-15(13)19(27)28)18-25-9-14(10-26-18)20(22,23)24/h5-10,12H,3-4,11H2,1-2H3. The summed E-state index contributed by atoms with van der Waals surface area (Å²) < 4.78 is 54.1. The highest BCUT2D eigenvalue weighted by molar-refractivity contribution is 5.85. The molecule has 0 saturated carbocycles. The third kappa shape index (κ3) is 4.05. The summed E-state index contributed by atoms with van der Waals surface area (Å²) in [4.78, 5) is 19.9. The van der Waals surface area contributed by atoms with Crippen LogP contribution in [0.4, 0.5) is 17.6 Å². The Labute approximate surface area is 158 Å². The predicted octanol–water partition coefficient (Wildman–Crippen LogP) is 5.05. The van der Waals surface area contributed by atoms with Crippen molar-refractivity contribution in [2.75, 3.05) is 0 Å². The molecule has 3 rings (SSSR count). The largest absolute Gasteiger partial charge is 0.419 e. The van der Waals surface area contributed by atoms with E-state index in [2.05, 4.69) is 16.9 Å². The molecule has 3 aromatic rings. The molecule has 1 unspecified atom stereocenters. The maximum Gasteiger partial charge on any atom is 0.419 e. The van der Waals surface area contributed by atoms with Gasteiger partial charge >= 0.3 is 6.18 Å². The van der Waals surface area contributed by atoms with E-state index < -0.39 is 17.6 Å². The molecule has 2 heterocycles. The topological polar surface area (TPSA) is 47.8 Å². The fourth-order valence-electron chi connectivity index (χ4n) is 3.15. The molecule has 0 aliphatic rings. The van der Waals surface area contributed by atoms with Gasteiger partial charge in [-0.3, -0.25) is 4.79 Å². The summed E-state index contributed by atoms with van der Waals surface area (Å²) in [6, 6.07) is 4.16. The Balaban J connectivity index is 2.01. The van der Waals surface area contributed by atoms with Gasteiger partial charge in [-0.1, -0.05) is 20.3 Å². The Kier molecular flexibility index (Phi) is 5.49. The van der Waals surface area contributed by atoms with Gasteiger partial charge in [0.15, 0.2) is 5.82 Å². The lowest BCUT2D eigenvalue weighted by Gasteiger charge is -2.13. The molecule has 148 valence electrons. The summed E-state index contributed by atoms with van der Waals surface area (Å²) in [6.07, 6.45) is 0.280. The number of nitrogens with zero attached hydrogens (tertiary/aromatic N) is 3. The molecular formula is C20H19F4N3O. The van der Waals surface area contributed by atoms with Gasteiger partial charge in [0.25, 0.3) is 5.56 Å². The number of fused-ring (bicyclic) bond motifs is 1. The van der Waals surface area contributed by atoms with E-state index in [0.717, 1.165) is 18.9 Å². The summed E-state index contributed by atoms with van der Waals surface area (Å²) in [5.41, 5.74) is -1.38. The SMILES string of the molecule is CCCC(C)Cn1ccc2cc(-c3ncc(C(F)(F)F)cn3)c(F)cc2c1=O. The second-order valence-corrected chi connectivity index (χ2v) is 6.88. The number of pyridine rings is 1. The van der Waals surface area contributed by atoms with Crippen LogP contribution in [0.15, 0.2) is 41.6 Å². The van der Waals surface area contributed by atoms with Crippen molar-refractivity contribution in [3.63, 3.8) is 0 Å². The van der Waals surface area contributed by atoms with E-state index in [9.17, 15) is 22.4 Å². The fraction of sp³-hybridized carbons (Fsp3) is 0.350. The van der Waals surface area contributed by atoms with E-state index in [1.165, 1.54) is 6.07 Å². The van der Waals surface area contributed by atoms with Gasteiger partial charge in [-0.05, 0) is 35.9 Å². The molecule has 0 fully saturated rings. The van der Waals surface area contributed by atoms with Gasteiger partial charge < -0.3 is 4.57 Å². The third-order valence-corrected chi connectivity index (χ3v) is 4.57. The van der Waals surface area contributed by atoms with E-state index in [1.54, 1.807) is 16.8 Å². The Morgan fingerprint density at radius 2 is 1.86 bits per heavy atom. The van der Waals surface area contributed by atoms with Gasteiger partial charge in [0.1, 0.15) is 5.82 Å². The highest BCUT2D eigenvalue weighted by Crippen LogP contribution is 2.29. The van der Waals surface area contributed by atoms with Gasteiger partial charge in [0.05, 0.1) is 16.5 Å². The lowest BCUT2D eigenvalue weighted by Crippen LogP contribution is -2.22. The first-order valence-electron chi connectivity index (χ1n) is 8.93. The molecule has 0 spiro atoms. The van der Waals surface area contributed by atoms with Crippen molar-refractivity contribution in [1.82, 2.24) is 14.5 Å². The summed E-state index contributed by atoms with van der Waals surface area (Å²) in [7, 11) is 0. The monoisotopic (exact) mass is 393 g/mol. The molecule has 0 amide bonds. The summed E-state index contributed by atoms with van der Waals surface area (Å²) in [5.74, 6) is -0.623. The first-order valence-corrected chi connectivity index (χ1v) is 8.93. The molecule has 8 heteroatoms. The van der Waals surface area contributed by atoms with Gasteiger partial charge in [-0.25, -0.2) is 14.4 Å². The van der Waals surface area contributed by atoms with Crippen LogP contribution >= 0.6 is 0 Å². The van der Waals surface area contributed by atoms with E-state index in [0.29, 0.717) is 30.2 Å². The molecule has 0 aliphatic heterocycles. The molecule has 0 N–H and O–H groups in total. The minimum atomic E-state index is -4.57. The zero-order valence-electron chi connectivity index (χ0n) is 15.4. The van der Waals surface area contributed by atoms with Gasteiger partial charge in [0.2, 0.25) is 0 Å². The van der Waals surface area contributed by atoms with Crippen LogP contribution in [0.2, 0.25) is 0 Å². The molecule has 4 nitrogen and oxygen atoms in total. The van der Waals surface area contributed by atoms with Crippen molar-refractivity contribution < 1.29 is 17.6 Å². The second-order valence-electron chi connectivity index (χ2n) is 6.88. The van der Waals surface area contributed by atoms with Crippen LogP contribution in [0.3, 0.4) is 0 Å². The first kappa shape index (κ1) is 20.0. The van der Waals surface area contributed by atoms with Crippen molar-refractivity contribution in [2.45, 2.75) is 39.4 Å². The maximum absolute atomic E-state index is 14.6. The number of hydrogen-bond acceptors (Lipinski definition) is 3. The summed E-state index contributed by atoms with van der Waals surface area (Å²) in [6.45, 7) is 4.65. The quantitative estimate of drug-likeness (QED) is 0.570. The molecule has 0 saturated heterocycles. The minimum Gasteiger partial charge on any atom is -0.315 e. The number of halogens is 4. The van der Waals surface area contributed by atoms with E-state index in [4.69, 9.17) is 0 Å². The number of aromatic nitrogens is 3. The highest BCUT2D eigenvalue weighted by atomic mass is 19.4. The van der Waals surface area contributed by atoms with Gasteiger partial charge in [-0.2, -0.15) is 13.2 Å².